The molecule has 260 valence electrons. The van der Waals surface area contributed by atoms with E-state index in [4.69, 9.17) is 24.4 Å². The lowest BCUT2D eigenvalue weighted by atomic mass is 10.1. The molecule has 17 heteroatoms. The van der Waals surface area contributed by atoms with Crippen molar-refractivity contribution in [2.45, 2.75) is 76.3 Å². The molecule has 0 bridgehead atoms. The monoisotopic (exact) mass is 649 g/mol. The summed E-state index contributed by atoms with van der Waals surface area (Å²) in [4.78, 5) is 69.3. The fourth-order valence-electron chi connectivity index (χ4n) is 3.74. The molecule has 0 aliphatic heterocycles. The fraction of sp³-hybridized carbons (Fsp3) is 0.786. The van der Waals surface area contributed by atoms with Crippen molar-refractivity contribution in [1.29, 1.82) is 0 Å². The van der Waals surface area contributed by atoms with E-state index in [0.29, 0.717) is 65.6 Å². The van der Waals surface area contributed by atoms with Gasteiger partial charge in [0.1, 0.15) is 12.1 Å². The second kappa shape index (κ2) is 28.0. The number of urea groups is 1. The number of ether oxygens (including phenoxy) is 3. The minimum Gasteiger partial charge on any atom is -0.481 e. The highest BCUT2D eigenvalue weighted by Gasteiger charge is 2.25. The van der Waals surface area contributed by atoms with Gasteiger partial charge in [-0.05, 0) is 32.7 Å². The molecule has 0 radical (unpaired) electrons. The zero-order valence-corrected chi connectivity index (χ0v) is 26.1. The van der Waals surface area contributed by atoms with Crippen LogP contribution in [0.15, 0.2) is 0 Å². The van der Waals surface area contributed by atoms with Gasteiger partial charge < -0.3 is 56.1 Å². The maximum absolute atomic E-state index is 12.1. The summed E-state index contributed by atoms with van der Waals surface area (Å²) < 4.78 is 16.1. The quantitative estimate of drug-likeness (QED) is 0.0465. The van der Waals surface area contributed by atoms with E-state index in [9.17, 15) is 33.9 Å². The van der Waals surface area contributed by atoms with Crippen LogP contribution in [0.3, 0.4) is 0 Å². The normalized spacial score (nSPS) is 12.1. The van der Waals surface area contributed by atoms with E-state index in [1.54, 1.807) is 0 Å². The third-order valence-corrected chi connectivity index (χ3v) is 6.23. The number of likely N-dealkylation sites (N-methyl/N-ethyl adjacent to an activating group) is 1. The lowest BCUT2D eigenvalue weighted by molar-refractivity contribution is -0.141. The number of hydrogen-bond donors (Lipinski definition) is 8. The number of amides is 4. The zero-order chi connectivity index (χ0) is 33.7. The van der Waals surface area contributed by atoms with E-state index in [0.717, 1.165) is 32.2 Å². The molecular formula is C28H51N5O12. The Morgan fingerprint density at radius 1 is 0.556 bits per heavy atom. The molecule has 0 aliphatic rings. The predicted molar refractivity (Wildman–Crippen MR) is 161 cm³/mol. The average molecular weight is 650 g/mol. The maximum atomic E-state index is 12.1. The standard InChI is InChI=1S/C28H51N5O12/c1-29-13-15-43-17-19-45-20-18-44-16-14-31-23(34)7-5-3-2-4-6-12-30-24(35)10-8-21(26(38)39)32-28(42)33-22(27(40)41)9-11-25(36)37/h21-22,29H,2-20H2,1H3,(H,30,35)(H,31,34)(H,36,37)(H,38,39)(H,40,41)(H2,32,33,42)/t21-,22-/m0/s1. The number of hydrogen-bond acceptors (Lipinski definition) is 10. The molecule has 2 atom stereocenters. The lowest BCUT2D eigenvalue weighted by Crippen LogP contribution is -2.51. The van der Waals surface area contributed by atoms with E-state index in [1.807, 2.05) is 12.4 Å². The highest BCUT2D eigenvalue weighted by Crippen LogP contribution is 2.06. The minimum atomic E-state index is -1.51. The number of carboxylic acid groups (broad SMARTS) is 3. The van der Waals surface area contributed by atoms with Gasteiger partial charge in [0.05, 0.1) is 39.6 Å². The van der Waals surface area contributed by atoms with Crippen molar-refractivity contribution in [1.82, 2.24) is 26.6 Å². The SMILES string of the molecule is CNCCOCCOCCOCCNC(=O)CCCCCCCNC(=O)CC[C@H](NC(=O)N[C@@H](CCC(=O)O)C(=O)O)C(=O)O. The third-order valence-electron chi connectivity index (χ3n) is 6.23. The first kappa shape index (κ1) is 41.5. The average Bonchev–Trinajstić information content (AvgIpc) is 2.98. The lowest BCUT2D eigenvalue weighted by Gasteiger charge is -2.18. The zero-order valence-electron chi connectivity index (χ0n) is 26.1. The van der Waals surface area contributed by atoms with Gasteiger partial charge in [-0.3, -0.25) is 14.4 Å². The van der Waals surface area contributed by atoms with Gasteiger partial charge in [-0.15, -0.1) is 0 Å². The van der Waals surface area contributed by atoms with Gasteiger partial charge in [0, 0.05) is 38.9 Å². The topological polar surface area (TPSA) is 251 Å². The highest BCUT2D eigenvalue weighted by atomic mass is 16.5. The second-order valence-corrected chi connectivity index (χ2v) is 10.0. The minimum absolute atomic E-state index is 0.0349. The van der Waals surface area contributed by atoms with E-state index < -0.39 is 48.4 Å². The summed E-state index contributed by atoms with van der Waals surface area (Å²) in [6, 6.07) is -4.05. The number of carbonyl (C=O) groups excluding carboxylic acids is 3. The Bertz CT molecular complexity index is 877. The van der Waals surface area contributed by atoms with Gasteiger partial charge in [0.25, 0.3) is 0 Å². The maximum Gasteiger partial charge on any atom is 0.326 e. The van der Waals surface area contributed by atoms with Crippen molar-refractivity contribution >= 4 is 35.8 Å². The van der Waals surface area contributed by atoms with Crippen LogP contribution in [0, 0.1) is 0 Å². The molecule has 45 heavy (non-hydrogen) atoms. The molecule has 0 fully saturated rings. The molecule has 0 spiro atoms. The number of unbranched alkanes of at least 4 members (excludes halogenated alkanes) is 4. The summed E-state index contributed by atoms with van der Waals surface area (Å²) >= 11 is 0. The Hall–Kier alpha value is -3.54. The molecule has 8 N–H and O–H groups in total. The molecule has 17 nitrogen and oxygen atoms in total. The van der Waals surface area contributed by atoms with E-state index >= 15 is 0 Å². The summed E-state index contributed by atoms with van der Waals surface area (Å²) in [5.74, 6) is -4.54. The van der Waals surface area contributed by atoms with Crippen molar-refractivity contribution < 1.29 is 58.3 Å². The van der Waals surface area contributed by atoms with E-state index in [2.05, 4.69) is 21.3 Å². The van der Waals surface area contributed by atoms with Crippen LogP contribution in [-0.2, 0) is 38.2 Å². The summed E-state index contributed by atoms with van der Waals surface area (Å²) in [6.45, 7) is 4.64. The van der Waals surface area contributed by atoms with Crippen molar-refractivity contribution in [3.63, 3.8) is 0 Å². The summed E-state index contributed by atoms with van der Waals surface area (Å²) in [5, 5.41) is 39.7. The van der Waals surface area contributed by atoms with Crippen LogP contribution in [0.1, 0.15) is 64.2 Å². The third kappa shape index (κ3) is 26.6. The van der Waals surface area contributed by atoms with E-state index in [-0.39, 0.29) is 25.2 Å². The van der Waals surface area contributed by atoms with Crippen LogP contribution in [0.5, 0.6) is 0 Å². The number of aliphatic carboxylic acids is 3. The van der Waals surface area contributed by atoms with Crippen molar-refractivity contribution in [3.05, 3.63) is 0 Å². The molecule has 0 saturated heterocycles. The molecule has 0 aliphatic carbocycles. The molecule has 0 aromatic heterocycles. The Labute approximate surface area is 263 Å². The molecule has 0 heterocycles. The van der Waals surface area contributed by atoms with Crippen LogP contribution in [0.25, 0.3) is 0 Å². The van der Waals surface area contributed by atoms with Crippen LogP contribution in [0.4, 0.5) is 4.79 Å². The first-order valence-electron chi connectivity index (χ1n) is 15.2. The second-order valence-electron chi connectivity index (χ2n) is 10.0. The van der Waals surface area contributed by atoms with Crippen molar-refractivity contribution in [2.75, 3.05) is 66.3 Å². The Morgan fingerprint density at radius 3 is 1.58 bits per heavy atom. The number of carbonyl (C=O) groups is 6. The van der Waals surface area contributed by atoms with Gasteiger partial charge in [-0.25, -0.2) is 14.4 Å². The number of rotatable bonds is 30. The Balaban J connectivity index is 3.82. The van der Waals surface area contributed by atoms with Crippen LogP contribution < -0.4 is 26.6 Å². The predicted octanol–water partition coefficient (Wildman–Crippen LogP) is -0.321. The smallest absolute Gasteiger partial charge is 0.326 e. The molecule has 0 rings (SSSR count). The molecule has 4 amide bonds. The van der Waals surface area contributed by atoms with Gasteiger partial charge in [0.2, 0.25) is 11.8 Å². The van der Waals surface area contributed by atoms with E-state index in [1.165, 1.54) is 0 Å². The number of nitrogens with one attached hydrogen (secondary N) is 5. The first-order valence-corrected chi connectivity index (χ1v) is 15.2. The van der Waals surface area contributed by atoms with Crippen molar-refractivity contribution in [3.8, 4) is 0 Å². The van der Waals surface area contributed by atoms with Gasteiger partial charge in [0.15, 0.2) is 0 Å². The fourth-order valence-corrected chi connectivity index (χ4v) is 3.74. The summed E-state index contributed by atoms with van der Waals surface area (Å²) in [6.07, 6.45) is 3.17. The highest BCUT2D eigenvalue weighted by molar-refractivity contribution is 5.86. The largest absolute Gasteiger partial charge is 0.481 e. The molecular weight excluding hydrogens is 598 g/mol. The molecule has 0 aromatic carbocycles. The Morgan fingerprint density at radius 2 is 1.02 bits per heavy atom. The Kier molecular flexibility index (Phi) is 25.8. The molecule has 0 aromatic rings. The van der Waals surface area contributed by atoms with Crippen LogP contribution in [0.2, 0.25) is 0 Å². The molecule has 0 saturated carbocycles. The first-order chi connectivity index (χ1) is 21.6. The van der Waals surface area contributed by atoms with Gasteiger partial charge in [-0.2, -0.15) is 0 Å². The van der Waals surface area contributed by atoms with Gasteiger partial charge in [-0.1, -0.05) is 19.3 Å². The van der Waals surface area contributed by atoms with Gasteiger partial charge >= 0.3 is 23.9 Å². The van der Waals surface area contributed by atoms with Crippen LogP contribution >= 0.6 is 0 Å². The van der Waals surface area contributed by atoms with Crippen LogP contribution in [-0.4, -0.2) is 129 Å². The number of carboxylic acids is 3. The van der Waals surface area contributed by atoms with Crippen molar-refractivity contribution in [2.24, 2.45) is 0 Å². The summed E-state index contributed by atoms with van der Waals surface area (Å²) in [5.41, 5.74) is 0. The molecule has 0 unspecified atom stereocenters. The summed E-state index contributed by atoms with van der Waals surface area (Å²) in [7, 11) is 1.86.